The third-order valence-electron chi connectivity index (χ3n) is 1.31. The summed E-state index contributed by atoms with van der Waals surface area (Å²) >= 11 is 1.44. The summed E-state index contributed by atoms with van der Waals surface area (Å²) in [6, 6.07) is 0.234. The van der Waals surface area contributed by atoms with Gasteiger partial charge in [0.25, 0.3) is 0 Å². The van der Waals surface area contributed by atoms with Gasteiger partial charge in [-0.05, 0) is 0 Å². The van der Waals surface area contributed by atoms with E-state index in [9.17, 15) is 0 Å². The molecular formula is C7H12N4O2S. The van der Waals surface area contributed by atoms with Crippen molar-refractivity contribution in [3.05, 3.63) is 0 Å². The number of ether oxygens (including phenoxy) is 2. The van der Waals surface area contributed by atoms with Gasteiger partial charge in [0.2, 0.25) is 5.95 Å². The summed E-state index contributed by atoms with van der Waals surface area (Å²) in [6.45, 7) is 0.637. The molecular weight excluding hydrogens is 204 g/mol. The van der Waals surface area contributed by atoms with Crippen molar-refractivity contribution in [3.8, 4) is 6.01 Å². The molecule has 6 nitrogen and oxygen atoms in total. The Morgan fingerprint density at radius 1 is 1.29 bits per heavy atom. The highest BCUT2D eigenvalue weighted by molar-refractivity contribution is 7.99. The molecule has 0 aliphatic carbocycles. The molecule has 7 heteroatoms. The lowest BCUT2D eigenvalue weighted by molar-refractivity contribution is 0.218. The summed E-state index contributed by atoms with van der Waals surface area (Å²) < 4.78 is 9.75. The lowest BCUT2D eigenvalue weighted by atomic mass is 10.9. The van der Waals surface area contributed by atoms with E-state index in [0.717, 1.165) is 5.75 Å². The molecule has 0 atom stereocenters. The number of hydrogen-bond donors (Lipinski definition) is 1. The topological polar surface area (TPSA) is 83.2 Å². The van der Waals surface area contributed by atoms with E-state index in [1.54, 1.807) is 7.11 Å². The van der Waals surface area contributed by atoms with Gasteiger partial charge in [-0.25, -0.2) is 0 Å². The molecule has 1 aromatic heterocycles. The summed E-state index contributed by atoms with van der Waals surface area (Å²) in [5.41, 5.74) is 5.45. The predicted molar refractivity (Wildman–Crippen MR) is 53.4 cm³/mol. The van der Waals surface area contributed by atoms with E-state index < -0.39 is 0 Å². The Morgan fingerprint density at radius 3 is 2.71 bits per heavy atom. The molecule has 0 fully saturated rings. The lowest BCUT2D eigenvalue weighted by Gasteiger charge is -2.02. The first-order valence-electron chi connectivity index (χ1n) is 3.93. The maximum absolute atomic E-state index is 5.45. The van der Waals surface area contributed by atoms with E-state index >= 15 is 0 Å². The van der Waals surface area contributed by atoms with Gasteiger partial charge in [-0.1, -0.05) is 11.8 Å². The second-order valence-corrected chi connectivity index (χ2v) is 3.37. The second kappa shape index (κ2) is 5.61. The Labute approximate surface area is 86.2 Å². The van der Waals surface area contributed by atoms with Crippen LogP contribution in [0, 0.1) is 0 Å². The smallest absolute Gasteiger partial charge is 0.321 e. The van der Waals surface area contributed by atoms with Gasteiger partial charge < -0.3 is 15.2 Å². The van der Waals surface area contributed by atoms with E-state index in [2.05, 4.69) is 15.0 Å². The zero-order chi connectivity index (χ0) is 10.4. The zero-order valence-corrected chi connectivity index (χ0v) is 8.87. The molecule has 0 aromatic carbocycles. The minimum atomic E-state index is 0.164. The normalized spacial score (nSPS) is 10.1. The van der Waals surface area contributed by atoms with Gasteiger partial charge in [-0.3, -0.25) is 0 Å². The molecule has 0 bridgehead atoms. The average molecular weight is 216 g/mol. The Balaban J connectivity index is 2.62. The second-order valence-electron chi connectivity index (χ2n) is 2.30. The summed E-state index contributed by atoms with van der Waals surface area (Å²) in [5.74, 6) is 0.931. The van der Waals surface area contributed by atoms with Crippen LogP contribution in [-0.4, -0.2) is 41.5 Å². The largest absolute Gasteiger partial charge is 0.467 e. The van der Waals surface area contributed by atoms with Crippen LogP contribution in [-0.2, 0) is 4.74 Å². The van der Waals surface area contributed by atoms with Crippen molar-refractivity contribution in [1.29, 1.82) is 0 Å². The van der Waals surface area contributed by atoms with Crippen molar-refractivity contribution < 1.29 is 9.47 Å². The SMILES string of the molecule is COCCSc1nc(N)nc(OC)n1. The molecule has 0 radical (unpaired) electrons. The van der Waals surface area contributed by atoms with Crippen molar-refractivity contribution >= 4 is 17.7 Å². The van der Waals surface area contributed by atoms with Gasteiger partial charge in [0.05, 0.1) is 13.7 Å². The first kappa shape index (κ1) is 11.0. The Kier molecular flexibility index (Phi) is 4.41. The van der Waals surface area contributed by atoms with Crippen LogP contribution in [0.2, 0.25) is 0 Å². The number of rotatable bonds is 5. The van der Waals surface area contributed by atoms with E-state index in [4.69, 9.17) is 15.2 Å². The minimum absolute atomic E-state index is 0.164. The maximum atomic E-state index is 5.45. The van der Waals surface area contributed by atoms with Crippen LogP contribution in [0.4, 0.5) is 5.95 Å². The van der Waals surface area contributed by atoms with Crippen molar-refractivity contribution in [2.45, 2.75) is 5.16 Å². The summed E-state index contributed by atoms with van der Waals surface area (Å²) in [5, 5.41) is 0.548. The van der Waals surface area contributed by atoms with Crippen molar-refractivity contribution in [2.75, 3.05) is 32.3 Å². The zero-order valence-electron chi connectivity index (χ0n) is 8.06. The summed E-state index contributed by atoms with van der Waals surface area (Å²) in [4.78, 5) is 11.7. The molecule has 0 saturated carbocycles. The molecule has 1 rings (SSSR count). The number of nitrogen functional groups attached to an aromatic ring is 1. The van der Waals surface area contributed by atoms with Gasteiger partial charge in [0, 0.05) is 12.9 Å². The van der Waals surface area contributed by atoms with Crippen LogP contribution < -0.4 is 10.5 Å². The maximum Gasteiger partial charge on any atom is 0.321 e. The highest BCUT2D eigenvalue weighted by Crippen LogP contribution is 2.15. The first-order valence-corrected chi connectivity index (χ1v) is 4.92. The van der Waals surface area contributed by atoms with E-state index in [1.807, 2.05) is 0 Å². The van der Waals surface area contributed by atoms with Crippen LogP contribution in [0.5, 0.6) is 6.01 Å². The number of anilines is 1. The van der Waals surface area contributed by atoms with Gasteiger partial charge in [-0.2, -0.15) is 15.0 Å². The molecule has 0 aliphatic rings. The van der Waals surface area contributed by atoms with Crippen LogP contribution in [0.1, 0.15) is 0 Å². The van der Waals surface area contributed by atoms with Crippen LogP contribution in [0.25, 0.3) is 0 Å². The fourth-order valence-corrected chi connectivity index (χ4v) is 1.46. The highest BCUT2D eigenvalue weighted by atomic mass is 32.2. The Bertz CT molecular complexity index is 297. The van der Waals surface area contributed by atoms with E-state index in [-0.39, 0.29) is 12.0 Å². The standard InChI is InChI=1S/C7H12N4O2S/c1-12-3-4-14-7-10-5(8)9-6(11-7)13-2/h3-4H2,1-2H3,(H2,8,9,10,11). The molecule has 2 N–H and O–H groups in total. The van der Waals surface area contributed by atoms with Crippen molar-refractivity contribution in [3.63, 3.8) is 0 Å². The average Bonchev–Trinajstić information content (AvgIpc) is 2.17. The van der Waals surface area contributed by atoms with Gasteiger partial charge in [0.1, 0.15) is 0 Å². The fraction of sp³-hybridized carbons (Fsp3) is 0.571. The number of nitrogens with zero attached hydrogens (tertiary/aromatic N) is 3. The predicted octanol–water partition coefficient (Wildman–Crippen LogP) is 0.201. The van der Waals surface area contributed by atoms with E-state index in [1.165, 1.54) is 18.9 Å². The van der Waals surface area contributed by atoms with Crippen molar-refractivity contribution in [1.82, 2.24) is 15.0 Å². The summed E-state index contributed by atoms with van der Waals surface area (Å²) in [6.07, 6.45) is 0. The molecule has 1 aromatic rings. The molecule has 0 saturated heterocycles. The van der Waals surface area contributed by atoms with Crippen molar-refractivity contribution in [2.24, 2.45) is 0 Å². The molecule has 0 aliphatic heterocycles. The first-order chi connectivity index (χ1) is 6.76. The Hall–Kier alpha value is -1.08. The molecule has 0 amide bonds. The molecule has 0 spiro atoms. The number of methoxy groups -OCH3 is 2. The third-order valence-corrected chi connectivity index (χ3v) is 2.12. The van der Waals surface area contributed by atoms with Gasteiger partial charge in [0.15, 0.2) is 5.16 Å². The highest BCUT2D eigenvalue weighted by Gasteiger charge is 2.04. The molecule has 1 heterocycles. The fourth-order valence-electron chi connectivity index (χ4n) is 0.725. The number of thioether (sulfide) groups is 1. The number of hydrogen-bond acceptors (Lipinski definition) is 7. The van der Waals surface area contributed by atoms with Crippen LogP contribution >= 0.6 is 11.8 Å². The third kappa shape index (κ3) is 3.35. The number of aromatic nitrogens is 3. The van der Waals surface area contributed by atoms with E-state index in [0.29, 0.717) is 11.8 Å². The number of nitrogens with two attached hydrogens (primary N) is 1. The summed E-state index contributed by atoms with van der Waals surface area (Å²) in [7, 11) is 3.13. The van der Waals surface area contributed by atoms with Gasteiger partial charge in [-0.15, -0.1) is 0 Å². The minimum Gasteiger partial charge on any atom is -0.467 e. The lowest BCUT2D eigenvalue weighted by Crippen LogP contribution is -2.03. The Morgan fingerprint density at radius 2 is 2.07 bits per heavy atom. The quantitative estimate of drug-likeness (QED) is 0.556. The van der Waals surface area contributed by atoms with Gasteiger partial charge >= 0.3 is 6.01 Å². The monoisotopic (exact) mass is 216 g/mol. The molecule has 78 valence electrons. The van der Waals surface area contributed by atoms with Crippen LogP contribution in [0.3, 0.4) is 0 Å². The molecule has 14 heavy (non-hydrogen) atoms. The molecule has 0 unspecified atom stereocenters. The van der Waals surface area contributed by atoms with Crippen LogP contribution in [0.15, 0.2) is 5.16 Å².